The summed E-state index contributed by atoms with van der Waals surface area (Å²) < 4.78 is 56.2. The lowest BCUT2D eigenvalue weighted by Crippen LogP contribution is -2.50. The fraction of sp³-hybridized carbons (Fsp3) is 0.667. The number of rotatable bonds is 3. The Morgan fingerprint density at radius 3 is 2.15 bits per heavy atom. The Bertz CT molecular complexity index is 848. The predicted octanol–water partition coefficient (Wildman–Crippen LogP) is 1.26. The summed E-state index contributed by atoms with van der Waals surface area (Å²) in [4.78, 5) is 2.16. The molecule has 2 aliphatic rings. The summed E-state index contributed by atoms with van der Waals surface area (Å²) in [6.45, 7) is 8.33. The van der Waals surface area contributed by atoms with Gasteiger partial charge in [-0.2, -0.15) is 0 Å². The van der Waals surface area contributed by atoms with Crippen molar-refractivity contribution in [3.05, 3.63) is 29.8 Å². The van der Waals surface area contributed by atoms with Crippen LogP contribution in [0.25, 0.3) is 0 Å². The van der Waals surface area contributed by atoms with Gasteiger partial charge in [-0.3, -0.25) is 4.90 Å². The molecule has 0 bridgehead atoms. The van der Waals surface area contributed by atoms with Crippen LogP contribution in [0, 0.1) is 0 Å². The van der Waals surface area contributed by atoms with Crippen molar-refractivity contribution in [2.75, 3.05) is 37.8 Å². The standard InChI is InChI=1S/C18H27NO5S2/c1-18(2,3)14-4-6-15(7-5-14)26(22,23)17-13-25(20,21)12-16(17)19-8-10-24-11-9-19/h4-7,16-17H,8-13H2,1-3H3. The smallest absolute Gasteiger partial charge is 0.183 e. The van der Waals surface area contributed by atoms with Crippen LogP contribution in [0.15, 0.2) is 29.2 Å². The molecule has 0 radical (unpaired) electrons. The monoisotopic (exact) mass is 401 g/mol. The maximum absolute atomic E-state index is 13.2. The molecule has 2 fully saturated rings. The molecule has 0 spiro atoms. The SMILES string of the molecule is CC(C)(C)c1ccc(S(=O)(=O)C2CS(=O)(=O)CC2N2CCOCC2)cc1. The van der Waals surface area contributed by atoms with Gasteiger partial charge in [-0.25, -0.2) is 16.8 Å². The van der Waals surface area contributed by atoms with E-state index in [0.29, 0.717) is 26.3 Å². The van der Waals surface area contributed by atoms with Gasteiger partial charge in [0.25, 0.3) is 0 Å². The highest BCUT2D eigenvalue weighted by molar-refractivity contribution is 7.96. The third kappa shape index (κ3) is 3.98. The van der Waals surface area contributed by atoms with Crippen molar-refractivity contribution < 1.29 is 21.6 Å². The second kappa shape index (κ2) is 6.89. The van der Waals surface area contributed by atoms with Gasteiger partial charge < -0.3 is 4.74 Å². The van der Waals surface area contributed by atoms with E-state index in [0.717, 1.165) is 5.56 Å². The molecule has 0 amide bonds. The van der Waals surface area contributed by atoms with E-state index in [-0.39, 0.29) is 21.8 Å². The maximum atomic E-state index is 13.2. The summed E-state index contributed by atoms with van der Waals surface area (Å²) in [7, 11) is -7.11. The van der Waals surface area contributed by atoms with Gasteiger partial charge in [-0.1, -0.05) is 32.9 Å². The van der Waals surface area contributed by atoms with Gasteiger partial charge in [0.1, 0.15) is 0 Å². The first-order valence-corrected chi connectivity index (χ1v) is 12.2. The molecule has 1 aromatic rings. The molecule has 6 nitrogen and oxygen atoms in total. The molecule has 8 heteroatoms. The molecule has 0 aromatic heterocycles. The molecule has 3 rings (SSSR count). The first kappa shape index (κ1) is 19.8. The molecule has 0 saturated carbocycles. The third-order valence-corrected chi connectivity index (χ3v) is 9.37. The topological polar surface area (TPSA) is 80.8 Å². The number of ether oxygens (including phenoxy) is 1. The number of hydrogen-bond acceptors (Lipinski definition) is 6. The zero-order chi connectivity index (χ0) is 19.2. The molecule has 2 heterocycles. The molecule has 0 N–H and O–H groups in total. The van der Waals surface area contributed by atoms with E-state index in [9.17, 15) is 16.8 Å². The molecule has 2 aliphatic heterocycles. The molecule has 1 aromatic carbocycles. The van der Waals surface area contributed by atoms with Crippen LogP contribution in [-0.2, 0) is 29.8 Å². The minimum atomic E-state index is -3.73. The van der Waals surface area contributed by atoms with E-state index in [2.05, 4.69) is 20.8 Å². The van der Waals surface area contributed by atoms with E-state index < -0.39 is 31.0 Å². The zero-order valence-corrected chi connectivity index (χ0v) is 17.1. The average Bonchev–Trinajstić information content (AvgIpc) is 2.91. The fourth-order valence-electron chi connectivity index (χ4n) is 3.66. The maximum Gasteiger partial charge on any atom is 0.183 e. The van der Waals surface area contributed by atoms with Crippen LogP contribution >= 0.6 is 0 Å². The molecule has 2 saturated heterocycles. The van der Waals surface area contributed by atoms with Crippen molar-refractivity contribution in [2.24, 2.45) is 0 Å². The number of morpholine rings is 1. The molecule has 2 unspecified atom stereocenters. The second-order valence-electron chi connectivity index (χ2n) is 8.15. The summed E-state index contributed by atoms with van der Waals surface area (Å²) >= 11 is 0. The highest BCUT2D eigenvalue weighted by atomic mass is 32.2. The molecule has 26 heavy (non-hydrogen) atoms. The third-order valence-electron chi connectivity index (χ3n) is 5.23. The second-order valence-corrected chi connectivity index (χ2v) is 12.5. The van der Waals surface area contributed by atoms with Crippen molar-refractivity contribution in [3.8, 4) is 0 Å². The van der Waals surface area contributed by atoms with Gasteiger partial charge in [0.15, 0.2) is 19.7 Å². The summed E-state index contributed by atoms with van der Waals surface area (Å²) in [6.07, 6.45) is 0. The minimum absolute atomic E-state index is 0.0741. The van der Waals surface area contributed by atoms with Gasteiger partial charge in [-0.05, 0) is 23.1 Å². The van der Waals surface area contributed by atoms with Crippen molar-refractivity contribution in [2.45, 2.75) is 42.4 Å². The van der Waals surface area contributed by atoms with Crippen molar-refractivity contribution in [1.82, 2.24) is 4.90 Å². The number of sulfone groups is 2. The number of hydrogen-bond donors (Lipinski definition) is 0. The van der Waals surface area contributed by atoms with E-state index in [1.165, 1.54) is 0 Å². The van der Waals surface area contributed by atoms with E-state index in [1.807, 2.05) is 17.0 Å². The van der Waals surface area contributed by atoms with Crippen LogP contribution < -0.4 is 0 Å². The first-order chi connectivity index (χ1) is 12.0. The van der Waals surface area contributed by atoms with Crippen molar-refractivity contribution in [1.29, 1.82) is 0 Å². The fourth-order valence-corrected chi connectivity index (χ4v) is 8.49. The molecule has 146 valence electrons. The highest BCUT2D eigenvalue weighted by Crippen LogP contribution is 2.31. The largest absolute Gasteiger partial charge is 0.379 e. The Labute approximate surface area is 156 Å². The zero-order valence-electron chi connectivity index (χ0n) is 15.5. The Balaban J connectivity index is 1.93. The quantitative estimate of drug-likeness (QED) is 0.758. The lowest BCUT2D eigenvalue weighted by atomic mass is 9.87. The van der Waals surface area contributed by atoms with Crippen molar-refractivity contribution in [3.63, 3.8) is 0 Å². The van der Waals surface area contributed by atoms with Crippen molar-refractivity contribution >= 4 is 19.7 Å². The summed E-state index contributed by atoms with van der Waals surface area (Å²) in [5.74, 6) is -0.407. The van der Waals surface area contributed by atoms with Gasteiger partial charge >= 0.3 is 0 Å². The van der Waals surface area contributed by atoms with Gasteiger partial charge in [0.05, 0.1) is 34.9 Å². The van der Waals surface area contributed by atoms with Crippen LogP contribution in [0.4, 0.5) is 0 Å². The van der Waals surface area contributed by atoms with Crippen LogP contribution in [-0.4, -0.2) is 70.8 Å². The Hall–Kier alpha value is -0.960. The normalized spacial score (nSPS) is 27.5. The summed E-state index contributed by atoms with van der Waals surface area (Å²) in [6, 6.07) is 6.35. The summed E-state index contributed by atoms with van der Waals surface area (Å²) in [5.41, 5.74) is 0.968. The van der Waals surface area contributed by atoms with E-state index >= 15 is 0 Å². The molecule has 0 aliphatic carbocycles. The highest BCUT2D eigenvalue weighted by Gasteiger charge is 2.48. The minimum Gasteiger partial charge on any atom is -0.379 e. The molecular formula is C18H27NO5S2. The van der Waals surface area contributed by atoms with Gasteiger partial charge in [0.2, 0.25) is 0 Å². The number of nitrogens with zero attached hydrogens (tertiary/aromatic N) is 1. The summed E-state index contributed by atoms with van der Waals surface area (Å²) in [5, 5.41) is -0.925. The Morgan fingerprint density at radius 2 is 1.62 bits per heavy atom. The lowest BCUT2D eigenvalue weighted by Gasteiger charge is -2.34. The van der Waals surface area contributed by atoms with Crippen LogP contribution in [0.3, 0.4) is 0 Å². The van der Waals surface area contributed by atoms with Gasteiger partial charge in [-0.15, -0.1) is 0 Å². The van der Waals surface area contributed by atoms with Crippen LogP contribution in [0.1, 0.15) is 26.3 Å². The van der Waals surface area contributed by atoms with Crippen LogP contribution in [0.5, 0.6) is 0 Å². The van der Waals surface area contributed by atoms with E-state index in [1.54, 1.807) is 12.1 Å². The Kier molecular flexibility index (Phi) is 5.24. The van der Waals surface area contributed by atoms with Gasteiger partial charge in [0, 0.05) is 19.1 Å². The van der Waals surface area contributed by atoms with Crippen LogP contribution in [0.2, 0.25) is 0 Å². The predicted molar refractivity (Wildman–Crippen MR) is 101 cm³/mol. The Morgan fingerprint density at radius 1 is 1.04 bits per heavy atom. The van der Waals surface area contributed by atoms with E-state index in [4.69, 9.17) is 4.74 Å². The number of benzene rings is 1. The average molecular weight is 402 g/mol. The first-order valence-electron chi connectivity index (χ1n) is 8.87. The molecule has 2 atom stereocenters. The lowest BCUT2D eigenvalue weighted by molar-refractivity contribution is 0.0222. The molecular weight excluding hydrogens is 374 g/mol.